The van der Waals surface area contributed by atoms with E-state index in [1.807, 2.05) is 6.07 Å². The van der Waals surface area contributed by atoms with Crippen LogP contribution in [-0.2, 0) is 0 Å². The Labute approximate surface area is 125 Å². The highest BCUT2D eigenvalue weighted by Gasteiger charge is 2.33. The number of halogens is 2. The van der Waals surface area contributed by atoms with Gasteiger partial charge < -0.3 is 10.0 Å². The van der Waals surface area contributed by atoms with Crippen LogP contribution in [0.1, 0.15) is 23.7 Å². The van der Waals surface area contributed by atoms with E-state index in [4.69, 9.17) is 5.26 Å². The van der Waals surface area contributed by atoms with Gasteiger partial charge in [-0.3, -0.25) is 0 Å². The molecule has 2 aromatic rings. The van der Waals surface area contributed by atoms with Crippen molar-refractivity contribution in [1.29, 1.82) is 5.26 Å². The molecule has 7 heteroatoms. The zero-order chi connectivity index (χ0) is 15.7. The second-order valence-corrected chi connectivity index (χ2v) is 5.10. The summed E-state index contributed by atoms with van der Waals surface area (Å²) in [7, 11) is 0. The van der Waals surface area contributed by atoms with E-state index in [9.17, 15) is 13.9 Å². The van der Waals surface area contributed by atoms with Gasteiger partial charge in [0.2, 0.25) is 0 Å². The van der Waals surface area contributed by atoms with E-state index in [1.54, 1.807) is 4.90 Å². The number of hydrogen-bond acceptors (Lipinski definition) is 5. The summed E-state index contributed by atoms with van der Waals surface area (Å²) in [5.74, 6) is -1.36. The highest BCUT2D eigenvalue weighted by atomic mass is 19.2. The predicted molar refractivity (Wildman–Crippen MR) is 73.8 cm³/mol. The number of benzene rings is 1. The maximum atomic E-state index is 13.4. The van der Waals surface area contributed by atoms with E-state index in [0.29, 0.717) is 24.3 Å². The molecule has 1 aromatic carbocycles. The van der Waals surface area contributed by atoms with Gasteiger partial charge in [0.15, 0.2) is 17.3 Å². The van der Waals surface area contributed by atoms with Gasteiger partial charge in [-0.2, -0.15) is 5.26 Å². The minimum atomic E-state index is -0.926. The Kier molecular flexibility index (Phi) is 3.69. The second kappa shape index (κ2) is 5.66. The first-order chi connectivity index (χ1) is 10.6. The lowest BCUT2D eigenvalue weighted by Gasteiger charge is -2.25. The summed E-state index contributed by atoms with van der Waals surface area (Å²) in [5.41, 5.74) is 0.745. The largest absolute Gasteiger partial charge is 0.391 e. The summed E-state index contributed by atoms with van der Waals surface area (Å²) >= 11 is 0. The zero-order valence-corrected chi connectivity index (χ0v) is 11.4. The maximum absolute atomic E-state index is 13.4. The van der Waals surface area contributed by atoms with Crippen molar-refractivity contribution in [2.75, 3.05) is 11.4 Å². The Morgan fingerprint density at radius 1 is 1.23 bits per heavy atom. The van der Waals surface area contributed by atoms with Gasteiger partial charge in [0.05, 0.1) is 24.5 Å². The van der Waals surface area contributed by atoms with Crippen molar-refractivity contribution in [3.8, 4) is 6.07 Å². The Balaban J connectivity index is 1.94. The SMILES string of the molecule is N#Cc1cnc(N2C[C@H](O)C[C@H]2c2ccc(F)c(F)c2)cn1. The molecule has 2 atom stereocenters. The van der Waals surface area contributed by atoms with Gasteiger partial charge in [0.1, 0.15) is 11.9 Å². The number of nitriles is 1. The first-order valence-electron chi connectivity index (χ1n) is 6.70. The van der Waals surface area contributed by atoms with Crippen molar-refractivity contribution in [2.24, 2.45) is 0 Å². The number of anilines is 1. The molecule has 1 fully saturated rings. The van der Waals surface area contributed by atoms with E-state index in [2.05, 4.69) is 9.97 Å². The Hall–Kier alpha value is -2.59. The molecule has 22 heavy (non-hydrogen) atoms. The van der Waals surface area contributed by atoms with Crippen LogP contribution in [-0.4, -0.2) is 27.7 Å². The van der Waals surface area contributed by atoms with Crippen LogP contribution in [0.4, 0.5) is 14.6 Å². The third-order valence-corrected chi connectivity index (χ3v) is 3.65. The quantitative estimate of drug-likeness (QED) is 0.917. The maximum Gasteiger partial charge on any atom is 0.159 e. The Morgan fingerprint density at radius 2 is 2.05 bits per heavy atom. The van der Waals surface area contributed by atoms with Crippen LogP contribution in [0.3, 0.4) is 0 Å². The fourth-order valence-corrected chi connectivity index (χ4v) is 2.63. The molecule has 1 aromatic heterocycles. The third-order valence-electron chi connectivity index (χ3n) is 3.65. The molecule has 1 saturated heterocycles. The van der Waals surface area contributed by atoms with Crippen molar-refractivity contribution in [3.63, 3.8) is 0 Å². The van der Waals surface area contributed by atoms with Crippen LogP contribution >= 0.6 is 0 Å². The highest BCUT2D eigenvalue weighted by molar-refractivity contribution is 5.44. The summed E-state index contributed by atoms with van der Waals surface area (Å²) in [5, 5.41) is 18.6. The molecule has 1 aliphatic heterocycles. The average molecular weight is 302 g/mol. The van der Waals surface area contributed by atoms with Gasteiger partial charge in [-0.25, -0.2) is 18.7 Å². The fraction of sp³-hybridized carbons (Fsp3) is 0.267. The van der Waals surface area contributed by atoms with Crippen LogP contribution in [0.2, 0.25) is 0 Å². The van der Waals surface area contributed by atoms with E-state index >= 15 is 0 Å². The summed E-state index contributed by atoms with van der Waals surface area (Å²) in [6.07, 6.45) is 2.55. The zero-order valence-electron chi connectivity index (χ0n) is 11.4. The average Bonchev–Trinajstić information content (AvgIpc) is 2.92. The number of hydrogen-bond donors (Lipinski definition) is 1. The molecule has 0 radical (unpaired) electrons. The van der Waals surface area contributed by atoms with Gasteiger partial charge in [0, 0.05) is 6.54 Å². The van der Waals surface area contributed by atoms with Crippen molar-refractivity contribution in [3.05, 3.63) is 53.5 Å². The van der Waals surface area contributed by atoms with Gasteiger partial charge in [0.25, 0.3) is 0 Å². The molecular formula is C15H12F2N4O. The van der Waals surface area contributed by atoms with Crippen molar-refractivity contribution in [1.82, 2.24) is 9.97 Å². The molecule has 2 heterocycles. The first-order valence-corrected chi connectivity index (χ1v) is 6.70. The number of β-amino-alcohol motifs (C(OH)–C–C–N with tert-alkyl or cyclic N) is 1. The summed E-state index contributed by atoms with van der Waals surface area (Å²) in [6.45, 7) is 0.310. The van der Waals surface area contributed by atoms with Crippen LogP contribution in [0.15, 0.2) is 30.6 Å². The monoisotopic (exact) mass is 302 g/mol. The molecule has 0 amide bonds. The molecule has 1 N–H and O–H groups in total. The molecular weight excluding hydrogens is 290 g/mol. The normalized spacial score (nSPS) is 20.9. The lowest BCUT2D eigenvalue weighted by molar-refractivity contribution is 0.194. The first kappa shape index (κ1) is 14.4. The van der Waals surface area contributed by atoms with E-state index in [-0.39, 0.29) is 11.7 Å². The lowest BCUT2D eigenvalue weighted by atomic mass is 10.0. The molecule has 112 valence electrons. The van der Waals surface area contributed by atoms with Crippen molar-refractivity contribution < 1.29 is 13.9 Å². The molecule has 0 spiro atoms. The Bertz CT molecular complexity index is 729. The number of nitrogens with zero attached hydrogens (tertiary/aromatic N) is 4. The smallest absolute Gasteiger partial charge is 0.159 e. The van der Waals surface area contributed by atoms with Crippen LogP contribution in [0.5, 0.6) is 0 Å². The van der Waals surface area contributed by atoms with E-state index in [1.165, 1.54) is 18.5 Å². The predicted octanol–water partition coefficient (Wildman–Crippen LogP) is 1.94. The molecule has 5 nitrogen and oxygen atoms in total. The van der Waals surface area contributed by atoms with E-state index in [0.717, 1.165) is 12.1 Å². The van der Waals surface area contributed by atoms with Crippen molar-refractivity contribution >= 4 is 5.82 Å². The summed E-state index contributed by atoms with van der Waals surface area (Å²) < 4.78 is 26.5. The minimum Gasteiger partial charge on any atom is -0.391 e. The minimum absolute atomic E-state index is 0.188. The summed E-state index contributed by atoms with van der Waals surface area (Å²) in [4.78, 5) is 9.86. The van der Waals surface area contributed by atoms with Crippen molar-refractivity contribution in [2.45, 2.75) is 18.6 Å². The van der Waals surface area contributed by atoms with Crippen LogP contribution in [0, 0.1) is 23.0 Å². The number of aliphatic hydroxyl groups is 1. The van der Waals surface area contributed by atoms with Gasteiger partial charge in [-0.15, -0.1) is 0 Å². The lowest BCUT2D eigenvalue weighted by Crippen LogP contribution is -2.25. The molecule has 3 rings (SSSR count). The molecule has 1 aliphatic rings. The topological polar surface area (TPSA) is 73.0 Å². The Morgan fingerprint density at radius 3 is 2.68 bits per heavy atom. The highest BCUT2D eigenvalue weighted by Crippen LogP contribution is 2.35. The molecule has 0 aliphatic carbocycles. The van der Waals surface area contributed by atoms with Crippen LogP contribution in [0.25, 0.3) is 0 Å². The number of aliphatic hydroxyl groups excluding tert-OH is 1. The second-order valence-electron chi connectivity index (χ2n) is 5.10. The van der Waals surface area contributed by atoms with Gasteiger partial charge >= 0.3 is 0 Å². The molecule has 0 bridgehead atoms. The van der Waals surface area contributed by atoms with Gasteiger partial charge in [-0.05, 0) is 24.1 Å². The molecule has 0 unspecified atom stereocenters. The van der Waals surface area contributed by atoms with Crippen LogP contribution < -0.4 is 4.90 Å². The fourth-order valence-electron chi connectivity index (χ4n) is 2.63. The standard InChI is InChI=1S/C15H12F2N4O/c16-12-2-1-9(3-13(12)17)14-4-11(22)8-21(14)15-7-19-10(5-18)6-20-15/h1-3,6-7,11,14,22H,4,8H2/t11-,14+/m1/s1. The van der Waals surface area contributed by atoms with E-state index < -0.39 is 17.7 Å². The molecule has 0 saturated carbocycles. The third kappa shape index (κ3) is 2.61. The van der Waals surface area contributed by atoms with Gasteiger partial charge in [-0.1, -0.05) is 6.07 Å². The summed E-state index contributed by atoms with van der Waals surface area (Å²) in [6, 6.07) is 5.24. The number of rotatable bonds is 2. The number of aromatic nitrogens is 2.